The van der Waals surface area contributed by atoms with Crippen molar-refractivity contribution in [2.24, 2.45) is 0 Å². The molecule has 1 N–H and O–H groups in total. The maximum atomic E-state index is 12.0. The van der Waals surface area contributed by atoms with Gasteiger partial charge in [0.1, 0.15) is 0 Å². The second-order valence-electron chi connectivity index (χ2n) is 4.41. The Labute approximate surface area is 106 Å². The van der Waals surface area contributed by atoms with Crippen molar-refractivity contribution < 1.29 is 4.79 Å². The van der Waals surface area contributed by atoms with Crippen LogP contribution in [0.3, 0.4) is 0 Å². The van der Waals surface area contributed by atoms with E-state index in [2.05, 4.69) is 4.98 Å². The summed E-state index contributed by atoms with van der Waals surface area (Å²) in [6, 6.07) is 1.80. The lowest BCUT2D eigenvalue weighted by Crippen LogP contribution is -2.19. The predicted octanol–water partition coefficient (Wildman–Crippen LogP) is 2.62. The SMILES string of the molecule is Cc1cc(C)c(C(=O)/C=C/C2=CC=CC2)c(=O)[nH]1. The van der Waals surface area contributed by atoms with Crippen LogP contribution in [0.5, 0.6) is 0 Å². The molecule has 2 rings (SSSR count). The van der Waals surface area contributed by atoms with E-state index in [4.69, 9.17) is 0 Å². The van der Waals surface area contributed by atoms with Gasteiger partial charge in [-0.25, -0.2) is 0 Å². The molecular weight excluding hydrogens is 226 g/mol. The lowest BCUT2D eigenvalue weighted by atomic mass is 10.0. The number of aromatic amines is 1. The van der Waals surface area contributed by atoms with E-state index in [1.807, 2.05) is 18.2 Å². The molecule has 0 radical (unpaired) electrons. The molecule has 0 unspecified atom stereocenters. The molecule has 1 aliphatic rings. The first kappa shape index (κ1) is 12.3. The molecule has 0 saturated carbocycles. The third kappa shape index (κ3) is 2.56. The third-order valence-electron chi connectivity index (χ3n) is 2.86. The number of carbonyl (C=O) groups excluding carboxylic acids is 1. The molecule has 1 aromatic rings. The number of ketones is 1. The molecule has 3 heteroatoms. The number of allylic oxidation sites excluding steroid dienone is 6. The quantitative estimate of drug-likeness (QED) is 0.653. The number of pyridine rings is 1. The number of carbonyl (C=O) groups is 1. The van der Waals surface area contributed by atoms with Crippen LogP contribution in [0.25, 0.3) is 0 Å². The van der Waals surface area contributed by atoms with E-state index in [9.17, 15) is 9.59 Å². The minimum atomic E-state index is -0.319. The van der Waals surface area contributed by atoms with Gasteiger partial charge in [0, 0.05) is 5.69 Å². The summed E-state index contributed by atoms with van der Waals surface area (Å²) in [7, 11) is 0. The first-order valence-electron chi connectivity index (χ1n) is 5.86. The van der Waals surface area contributed by atoms with Gasteiger partial charge in [0.15, 0.2) is 5.78 Å². The molecule has 0 aromatic carbocycles. The smallest absolute Gasteiger partial charge is 0.259 e. The van der Waals surface area contributed by atoms with Crippen LogP contribution < -0.4 is 5.56 Å². The summed E-state index contributed by atoms with van der Waals surface area (Å²) in [6.07, 6.45) is 10.00. The zero-order chi connectivity index (χ0) is 13.1. The van der Waals surface area contributed by atoms with Gasteiger partial charge in [-0.1, -0.05) is 24.3 Å². The summed E-state index contributed by atoms with van der Waals surface area (Å²) in [4.78, 5) is 26.4. The van der Waals surface area contributed by atoms with E-state index in [0.29, 0.717) is 5.56 Å². The maximum Gasteiger partial charge on any atom is 0.259 e. The highest BCUT2D eigenvalue weighted by Crippen LogP contribution is 2.12. The minimum Gasteiger partial charge on any atom is -0.326 e. The number of hydrogen-bond acceptors (Lipinski definition) is 2. The van der Waals surface area contributed by atoms with Crippen LogP contribution in [-0.2, 0) is 0 Å². The molecule has 18 heavy (non-hydrogen) atoms. The molecule has 92 valence electrons. The first-order chi connectivity index (χ1) is 8.58. The Bertz CT molecular complexity index is 630. The predicted molar refractivity (Wildman–Crippen MR) is 71.8 cm³/mol. The third-order valence-corrected chi connectivity index (χ3v) is 2.86. The van der Waals surface area contributed by atoms with Crippen LogP contribution in [0.4, 0.5) is 0 Å². The van der Waals surface area contributed by atoms with Gasteiger partial charge in [-0.05, 0) is 43.5 Å². The van der Waals surface area contributed by atoms with Crippen LogP contribution in [0.1, 0.15) is 28.0 Å². The van der Waals surface area contributed by atoms with Crippen molar-refractivity contribution in [3.8, 4) is 0 Å². The van der Waals surface area contributed by atoms with Crippen molar-refractivity contribution in [2.45, 2.75) is 20.3 Å². The lowest BCUT2D eigenvalue weighted by Gasteiger charge is -2.02. The molecule has 0 aliphatic heterocycles. The molecule has 0 atom stereocenters. The summed E-state index contributed by atoms with van der Waals surface area (Å²) in [5.41, 5.74) is 2.46. The van der Waals surface area contributed by atoms with Crippen molar-refractivity contribution in [1.29, 1.82) is 0 Å². The summed E-state index contributed by atoms with van der Waals surface area (Å²) in [6.45, 7) is 3.58. The highest BCUT2D eigenvalue weighted by molar-refractivity contribution is 6.05. The fourth-order valence-electron chi connectivity index (χ4n) is 2.01. The van der Waals surface area contributed by atoms with Crippen molar-refractivity contribution in [3.05, 3.63) is 69.2 Å². The number of nitrogens with one attached hydrogen (secondary N) is 1. The summed E-state index contributed by atoms with van der Waals surface area (Å²) in [5, 5.41) is 0. The number of rotatable bonds is 3. The van der Waals surface area contributed by atoms with Crippen molar-refractivity contribution in [2.75, 3.05) is 0 Å². The van der Waals surface area contributed by atoms with Gasteiger partial charge in [-0.15, -0.1) is 0 Å². The monoisotopic (exact) mass is 241 g/mol. The first-order valence-corrected chi connectivity index (χ1v) is 5.86. The average Bonchev–Trinajstić information content (AvgIpc) is 2.77. The summed E-state index contributed by atoms with van der Waals surface area (Å²) >= 11 is 0. The largest absolute Gasteiger partial charge is 0.326 e. The normalized spacial score (nSPS) is 14.2. The molecule has 0 saturated heterocycles. The van der Waals surface area contributed by atoms with E-state index in [1.54, 1.807) is 26.0 Å². The lowest BCUT2D eigenvalue weighted by molar-refractivity contribution is 0.104. The van der Waals surface area contributed by atoms with Gasteiger partial charge < -0.3 is 4.98 Å². The van der Waals surface area contributed by atoms with Crippen LogP contribution in [0.15, 0.2) is 46.8 Å². The molecule has 0 spiro atoms. The molecule has 0 bridgehead atoms. The van der Waals surface area contributed by atoms with Gasteiger partial charge in [-0.2, -0.15) is 0 Å². The Morgan fingerprint density at radius 3 is 2.78 bits per heavy atom. The maximum absolute atomic E-state index is 12.0. The van der Waals surface area contributed by atoms with Gasteiger partial charge in [0.2, 0.25) is 0 Å². The summed E-state index contributed by atoms with van der Waals surface area (Å²) in [5.74, 6) is -0.249. The highest BCUT2D eigenvalue weighted by Gasteiger charge is 2.11. The van der Waals surface area contributed by atoms with Crippen molar-refractivity contribution >= 4 is 5.78 Å². The molecule has 1 aromatic heterocycles. The van der Waals surface area contributed by atoms with Crippen molar-refractivity contribution in [3.63, 3.8) is 0 Å². The average molecular weight is 241 g/mol. The molecular formula is C15H15NO2. The molecule has 3 nitrogen and oxygen atoms in total. The number of aromatic nitrogens is 1. The van der Waals surface area contributed by atoms with E-state index < -0.39 is 0 Å². The number of hydrogen-bond donors (Lipinski definition) is 1. The van der Waals surface area contributed by atoms with Gasteiger partial charge in [-0.3, -0.25) is 9.59 Å². The topological polar surface area (TPSA) is 49.9 Å². The minimum absolute atomic E-state index is 0.225. The molecule has 1 aliphatic carbocycles. The zero-order valence-electron chi connectivity index (χ0n) is 10.5. The van der Waals surface area contributed by atoms with E-state index >= 15 is 0 Å². The molecule has 1 heterocycles. The van der Waals surface area contributed by atoms with E-state index in [1.165, 1.54) is 6.08 Å². The van der Waals surface area contributed by atoms with Crippen molar-refractivity contribution in [1.82, 2.24) is 4.98 Å². The highest BCUT2D eigenvalue weighted by atomic mass is 16.1. The van der Waals surface area contributed by atoms with Crippen LogP contribution >= 0.6 is 0 Å². The Morgan fingerprint density at radius 2 is 2.17 bits per heavy atom. The second-order valence-corrected chi connectivity index (χ2v) is 4.41. The van der Waals surface area contributed by atoms with E-state index in [-0.39, 0.29) is 16.9 Å². The second kappa shape index (κ2) is 5.00. The number of aryl methyl sites for hydroxylation is 2. The van der Waals surface area contributed by atoms with Crippen LogP contribution in [0.2, 0.25) is 0 Å². The Morgan fingerprint density at radius 1 is 1.39 bits per heavy atom. The van der Waals surface area contributed by atoms with E-state index in [0.717, 1.165) is 17.7 Å². The summed E-state index contributed by atoms with van der Waals surface area (Å²) < 4.78 is 0. The zero-order valence-corrected chi connectivity index (χ0v) is 10.5. The van der Waals surface area contributed by atoms with Gasteiger partial charge in [0.05, 0.1) is 5.56 Å². The van der Waals surface area contributed by atoms with Gasteiger partial charge >= 0.3 is 0 Å². The Hall–Kier alpha value is -2.16. The standard InChI is InChI=1S/C15H15NO2/c1-10-9-11(2)16-15(18)14(10)13(17)8-7-12-5-3-4-6-12/h3-5,7-9H,6H2,1-2H3,(H,16,18)/b8-7+. The van der Waals surface area contributed by atoms with Crippen LogP contribution in [0, 0.1) is 13.8 Å². The molecule has 0 amide bonds. The molecule has 0 fully saturated rings. The van der Waals surface area contributed by atoms with Crippen LogP contribution in [-0.4, -0.2) is 10.8 Å². The fraction of sp³-hybridized carbons (Fsp3) is 0.200. The Balaban J connectivity index is 2.27. The fourth-order valence-corrected chi connectivity index (χ4v) is 2.01. The Kier molecular flexibility index (Phi) is 3.42. The van der Waals surface area contributed by atoms with Gasteiger partial charge in [0.25, 0.3) is 5.56 Å². The number of H-pyrrole nitrogens is 1.